The Bertz CT molecular complexity index is 439. The summed E-state index contributed by atoms with van der Waals surface area (Å²) in [5.41, 5.74) is -6.60. The molecule has 18 heavy (non-hydrogen) atoms. The molecule has 0 amide bonds. The maximum atomic E-state index is 12.2. The Morgan fingerprint density at radius 3 is 1.50 bits per heavy atom. The minimum Gasteiger partial charge on any atom is -0.196 e. The summed E-state index contributed by atoms with van der Waals surface area (Å²) in [6.45, 7) is 0. The molecular weight excluding hydrogens is 281 g/mol. The Labute approximate surface area is 93.2 Å². The molecule has 1 heterocycles. The van der Waals surface area contributed by atoms with Gasteiger partial charge in [-0.2, -0.15) is 44.5 Å². The molecule has 0 aliphatic heterocycles. The van der Waals surface area contributed by atoms with E-state index in [1.54, 1.807) is 0 Å². The smallest absolute Gasteiger partial charge is 0.196 e. The molecule has 0 saturated carbocycles. The fraction of sp³-hybridized carbons (Fsp3) is 0.375. The van der Waals surface area contributed by atoms with Crippen LogP contribution in [0.5, 0.6) is 0 Å². The molecule has 0 saturated heterocycles. The molecule has 1 rings (SSSR count). The van der Waals surface area contributed by atoms with Crippen molar-refractivity contribution in [1.29, 1.82) is 0 Å². The van der Waals surface area contributed by atoms with Crippen LogP contribution in [0, 0.1) is 0 Å². The van der Waals surface area contributed by atoms with Gasteiger partial charge in [-0.15, -0.1) is 0 Å². The Morgan fingerprint density at radius 2 is 1.17 bits per heavy atom. The second-order valence-electron chi connectivity index (χ2n) is 3.15. The van der Waals surface area contributed by atoms with Crippen LogP contribution in [-0.2, 0) is 18.5 Å². The van der Waals surface area contributed by atoms with E-state index in [2.05, 4.69) is 0 Å². The quantitative estimate of drug-likeness (QED) is 0.647. The van der Waals surface area contributed by atoms with Gasteiger partial charge in [0.15, 0.2) is 0 Å². The molecule has 1 aromatic rings. The van der Waals surface area contributed by atoms with Gasteiger partial charge in [0.1, 0.15) is 5.56 Å². The summed E-state index contributed by atoms with van der Waals surface area (Å²) in [4.78, 5) is 0.729. The summed E-state index contributed by atoms with van der Waals surface area (Å²) in [6.07, 6.45) is -16.2. The number of halogens is 9. The third kappa shape index (κ3) is 3.05. The standard InChI is InChI=1S/C8H2F9N/c9-6(10,11)3-1-2-4(7(12,13)14)18-5(3)8(15,16)17/h1-2H/p+1. The second kappa shape index (κ2) is 4.02. The average molecular weight is 284 g/mol. The van der Waals surface area contributed by atoms with E-state index in [4.69, 9.17) is 0 Å². The predicted octanol–water partition coefficient (Wildman–Crippen LogP) is 3.56. The third-order valence-electron chi connectivity index (χ3n) is 1.84. The Balaban J connectivity index is 3.50. The van der Waals surface area contributed by atoms with E-state index >= 15 is 0 Å². The van der Waals surface area contributed by atoms with Crippen molar-refractivity contribution in [1.82, 2.24) is 0 Å². The van der Waals surface area contributed by atoms with Gasteiger partial charge in [0.05, 0.1) is 0 Å². The number of hydrogen-bond donors (Lipinski definition) is 0. The number of rotatable bonds is 0. The van der Waals surface area contributed by atoms with Crippen molar-refractivity contribution in [2.45, 2.75) is 18.5 Å². The van der Waals surface area contributed by atoms with Crippen LogP contribution < -0.4 is 4.98 Å². The average Bonchev–Trinajstić information content (AvgIpc) is 2.12. The molecule has 0 bridgehead atoms. The predicted molar refractivity (Wildman–Crippen MR) is 38.0 cm³/mol. The summed E-state index contributed by atoms with van der Waals surface area (Å²) >= 11 is 0. The zero-order chi connectivity index (χ0) is 14.4. The van der Waals surface area contributed by atoms with Gasteiger partial charge in [0.2, 0.25) is 0 Å². The monoisotopic (exact) mass is 284 g/mol. The highest BCUT2D eigenvalue weighted by atomic mass is 19.4. The van der Waals surface area contributed by atoms with Crippen LogP contribution in [0.3, 0.4) is 0 Å². The van der Waals surface area contributed by atoms with E-state index in [1.165, 1.54) is 0 Å². The SMILES string of the molecule is FC(F)(F)c1ccc(C(F)(F)F)c(C(F)(F)F)[nH+]1. The summed E-state index contributed by atoms with van der Waals surface area (Å²) in [5, 5.41) is 0. The Morgan fingerprint density at radius 1 is 0.667 bits per heavy atom. The number of nitrogens with one attached hydrogen (secondary N) is 1. The highest BCUT2D eigenvalue weighted by molar-refractivity contribution is 5.23. The molecule has 0 aliphatic carbocycles. The van der Waals surface area contributed by atoms with Crippen molar-refractivity contribution in [3.8, 4) is 0 Å². The minimum atomic E-state index is -5.58. The molecule has 0 radical (unpaired) electrons. The van der Waals surface area contributed by atoms with Gasteiger partial charge in [-0.3, -0.25) is 0 Å². The topological polar surface area (TPSA) is 14.1 Å². The van der Waals surface area contributed by atoms with Crippen LogP contribution in [0.2, 0.25) is 0 Å². The molecule has 0 aliphatic rings. The third-order valence-corrected chi connectivity index (χ3v) is 1.84. The number of hydrogen-bond acceptors (Lipinski definition) is 0. The first-order valence-corrected chi connectivity index (χ1v) is 4.11. The maximum absolute atomic E-state index is 12.2. The van der Waals surface area contributed by atoms with Crippen LogP contribution in [0.4, 0.5) is 39.5 Å². The van der Waals surface area contributed by atoms with Crippen molar-refractivity contribution in [3.63, 3.8) is 0 Å². The lowest BCUT2D eigenvalue weighted by atomic mass is 10.1. The molecule has 102 valence electrons. The second-order valence-corrected chi connectivity index (χ2v) is 3.15. The van der Waals surface area contributed by atoms with Crippen LogP contribution in [0.25, 0.3) is 0 Å². The van der Waals surface area contributed by atoms with Gasteiger partial charge in [-0.05, 0) is 6.07 Å². The first kappa shape index (κ1) is 14.6. The van der Waals surface area contributed by atoms with Crippen molar-refractivity contribution in [2.75, 3.05) is 0 Å². The zero-order valence-corrected chi connectivity index (χ0v) is 8.06. The summed E-state index contributed by atoms with van der Waals surface area (Å²) in [7, 11) is 0. The maximum Gasteiger partial charge on any atom is 0.478 e. The van der Waals surface area contributed by atoms with Gasteiger partial charge in [-0.25, -0.2) is 0 Å². The van der Waals surface area contributed by atoms with Crippen molar-refractivity contribution < 1.29 is 44.5 Å². The summed E-state index contributed by atoms with van der Waals surface area (Å²) in [5.74, 6) is 0. The van der Waals surface area contributed by atoms with Gasteiger partial charge < -0.3 is 0 Å². The van der Waals surface area contributed by atoms with E-state index in [-0.39, 0.29) is 12.1 Å². The molecule has 0 unspecified atom stereocenters. The van der Waals surface area contributed by atoms with E-state index in [1.807, 2.05) is 0 Å². The van der Waals surface area contributed by atoms with E-state index in [0.717, 1.165) is 4.98 Å². The Kier molecular flexibility index (Phi) is 3.26. The highest BCUT2D eigenvalue weighted by Gasteiger charge is 2.51. The molecule has 10 heteroatoms. The lowest BCUT2D eigenvalue weighted by Gasteiger charge is -2.11. The van der Waals surface area contributed by atoms with Crippen LogP contribution in [0.1, 0.15) is 17.0 Å². The minimum absolute atomic E-state index is 0.0991. The highest BCUT2D eigenvalue weighted by Crippen LogP contribution is 2.39. The fourth-order valence-electron chi connectivity index (χ4n) is 1.12. The van der Waals surface area contributed by atoms with Crippen molar-refractivity contribution in [2.24, 2.45) is 0 Å². The van der Waals surface area contributed by atoms with Gasteiger partial charge >= 0.3 is 18.5 Å². The van der Waals surface area contributed by atoms with Gasteiger partial charge in [-0.1, -0.05) is 0 Å². The molecule has 0 aromatic carbocycles. The largest absolute Gasteiger partial charge is 0.478 e. The van der Waals surface area contributed by atoms with Crippen LogP contribution in [0.15, 0.2) is 12.1 Å². The fourth-order valence-corrected chi connectivity index (χ4v) is 1.12. The Hall–Kier alpha value is -1.48. The van der Waals surface area contributed by atoms with Gasteiger partial charge in [0.25, 0.3) is 11.4 Å². The van der Waals surface area contributed by atoms with Crippen LogP contribution in [-0.4, -0.2) is 0 Å². The number of aromatic amines is 1. The van der Waals surface area contributed by atoms with E-state index in [0.29, 0.717) is 0 Å². The molecule has 1 nitrogen and oxygen atoms in total. The summed E-state index contributed by atoms with van der Waals surface area (Å²) < 4.78 is 110. The first-order valence-electron chi connectivity index (χ1n) is 4.11. The van der Waals surface area contributed by atoms with E-state index in [9.17, 15) is 39.5 Å². The normalized spacial score (nSPS) is 13.8. The van der Waals surface area contributed by atoms with Crippen molar-refractivity contribution >= 4 is 0 Å². The number of H-pyrrole nitrogens is 1. The molecule has 1 N–H and O–H groups in total. The number of alkyl halides is 9. The molecule has 0 spiro atoms. The lowest BCUT2D eigenvalue weighted by molar-refractivity contribution is -0.464. The number of aromatic nitrogens is 1. The molecular formula is C8H3F9N+. The summed E-state index contributed by atoms with van der Waals surface area (Å²) in [6, 6.07) is -0.361. The van der Waals surface area contributed by atoms with Crippen molar-refractivity contribution in [3.05, 3.63) is 29.1 Å². The first-order chi connectivity index (χ1) is 7.83. The molecule has 0 atom stereocenters. The molecule has 0 fully saturated rings. The van der Waals surface area contributed by atoms with E-state index < -0.39 is 35.5 Å². The van der Waals surface area contributed by atoms with Gasteiger partial charge in [0, 0.05) is 6.07 Å². The lowest BCUT2D eigenvalue weighted by Crippen LogP contribution is -2.33. The number of pyridine rings is 1. The van der Waals surface area contributed by atoms with Crippen LogP contribution >= 0.6 is 0 Å². The zero-order valence-electron chi connectivity index (χ0n) is 8.06. The molecule has 1 aromatic heterocycles.